The summed E-state index contributed by atoms with van der Waals surface area (Å²) in [6.07, 6.45) is 12.7. The van der Waals surface area contributed by atoms with E-state index >= 15 is 0 Å². The lowest BCUT2D eigenvalue weighted by atomic mass is 9.96. The summed E-state index contributed by atoms with van der Waals surface area (Å²) in [7, 11) is -2.54. The molecule has 0 aromatic rings. The first-order valence-electron chi connectivity index (χ1n) is 9.16. The molecule has 0 heterocycles. The van der Waals surface area contributed by atoms with Gasteiger partial charge in [-0.05, 0) is 36.5 Å². The Morgan fingerprint density at radius 2 is 1.35 bits per heavy atom. The van der Waals surface area contributed by atoms with E-state index in [4.69, 9.17) is 4.18 Å². The van der Waals surface area contributed by atoms with Crippen LogP contribution in [-0.2, 0) is 13.3 Å². The molecule has 2 N–H and O–H groups in total. The van der Waals surface area contributed by atoms with Gasteiger partial charge < -0.3 is 10.6 Å². The van der Waals surface area contributed by atoms with Gasteiger partial charge in [0, 0.05) is 30.9 Å². The minimum Gasteiger partial charge on any atom is -0.313 e. The van der Waals surface area contributed by atoms with Crippen molar-refractivity contribution in [2.24, 2.45) is 0 Å². The van der Waals surface area contributed by atoms with Crippen LogP contribution in [0.4, 0.5) is 0 Å². The van der Waals surface area contributed by atoms with Gasteiger partial charge in [-0.15, -0.1) is 0 Å². The van der Waals surface area contributed by atoms with Crippen LogP contribution in [0.15, 0.2) is 0 Å². The van der Waals surface area contributed by atoms with Crippen LogP contribution in [0.25, 0.3) is 0 Å². The normalized spacial score (nSPS) is 21.6. The zero-order valence-electron chi connectivity index (χ0n) is 14.1. The Kier molecular flexibility index (Phi) is 9.26. The summed E-state index contributed by atoms with van der Waals surface area (Å²) >= 11 is 0. The third-order valence-corrected chi connectivity index (χ3v) is 7.51. The van der Waals surface area contributed by atoms with E-state index in [1.807, 2.05) is 0 Å². The van der Waals surface area contributed by atoms with E-state index in [-0.39, 0.29) is 6.61 Å². The highest BCUT2D eigenvalue weighted by Crippen LogP contribution is 2.19. The quantitative estimate of drug-likeness (QED) is 0.459. The van der Waals surface area contributed by atoms with E-state index in [2.05, 4.69) is 10.6 Å². The van der Waals surface area contributed by atoms with Crippen LogP contribution in [-0.4, -0.2) is 46.0 Å². The Balaban J connectivity index is 1.48. The van der Waals surface area contributed by atoms with Crippen molar-refractivity contribution in [3.05, 3.63) is 0 Å². The Bertz CT molecular complexity index is 374. The van der Waals surface area contributed by atoms with Gasteiger partial charge in [0.15, 0.2) is 0 Å². The van der Waals surface area contributed by atoms with Crippen LogP contribution in [0.2, 0.25) is 0 Å². The van der Waals surface area contributed by atoms with Gasteiger partial charge in [0.2, 0.25) is 0 Å². The SMILES string of the molecule is O=S(=O)(OCCNC1CCCCC1)SCCNC1CCCCC1. The van der Waals surface area contributed by atoms with Crippen LogP contribution in [0.3, 0.4) is 0 Å². The molecule has 0 atom stereocenters. The van der Waals surface area contributed by atoms with Crippen molar-refractivity contribution < 1.29 is 12.6 Å². The third kappa shape index (κ3) is 8.72. The van der Waals surface area contributed by atoms with E-state index in [1.54, 1.807) is 0 Å². The molecule has 7 heteroatoms. The molecule has 2 aliphatic rings. The molecule has 0 spiro atoms. The lowest BCUT2D eigenvalue weighted by Gasteiger charge is -2.23. The molecule has 0 unspecified atom stereocenters. The molecule has 0 saturated heterocycles. The van der Waals surface area contributed by atoms with Crippen LogP contribution in [0, 0.1) is 0 Å². The van der Waals surface area contributed by atoms with Gasteiger partial charge in [0.25, 0.3) is 0 Å². The van der Waals surface area contributed by atoms with Crippen LogP contribution >= 0.6 is 10.8 Å². The molecule has 0 aromatic heterocycles. The smallest absolute Gasteiger partial charge is 0.313 e. The number of hydrogen-bond donors (Lipinski definition) is 2. The molecule has 2 fully saturated rings. The second kappa shape index (κ2) is 10.9. The zero-order valence-corrected chi connectivity index (χ0v) is 15.7. The number of rotatable bonds is 10. The molecule has 0 aromatic carbocycles. The lowest BCUT2D eigenvalue weighted by molar-refractivity contribution is 0.298. The van der Waals surface area contributed by atoms with Gasteiger partial charge in [-0.3, -0.25) is 4.18 Å². The summed E-state index contributed by atoms with van der Waals surface area (Å²) < 4.78 is 28.7. The van der Waals surface area contributed by atoms with Crippen molar-refractivity contribution in [1.29, 1.82) is 0 Å². The van der Waals surface area contributed by atoms with Gasteiger partial charge in [-0.1, -0.05) is 38.5 Å². The van der Waals surface area contributed by atoms with Gasteiger partial charge in [0.05, 0.1) is 6.61 Å². The van der Waals surface area contributed by atoms with E-state index < -0.39 is 9.15 Å². The van der Waals surface area contributed by atoms with E-state index in [9.17, 15) is 8.42 Å². The topological polar surface area (TPSA) is 67.4 Å². The lowest BCUT2D eigenvalue weighted by Crippen LogP contribution is -2.34. The van der Waals surface area contributed by atoms with Crippen molar-refractivity contribution in [1.82, 2.24) is 10.6 Å². The maximum absolute atomic E-state index is 11.8. The largest absolute Gasteiger partial charge is 0.322 e. The summed E-state index contributed by atoms with van der Waals surface area (Å²) in [6, 6.07) is 1.12. The molecule has 2 rings (SSSR count). The second-order valence-corrected chi connectivity index (χ2v) is 10.3. The Labute approximate surface area is 145 Å². The Morgan fingerprint density at radius 1 is 0.826 bits per heavy atom. The first-order valence-corrected chi connectivity index (χ1v) is 12.1. The van der Waals surface area contributed by atoms with Crippen LogP contribution in [0.1, 0.15) is 64.2 Å². The molecular formula is C16H32N2O3S2. The number of nitrogens with one attached hydrogen (secondary N) is 2. The molecular weight excluding hydrogens is 332 g/mol. The first kappa shape index (κ1) is 19.5. The maximum Gasteiger partial charge on any atom is 0.322 e. The summed E-state index contributed by atoms with van der Waals surface area (Å²) in [6.45, 7) is 1.59. The minimum atomic E-state index is -3.45. The van der Waals surface area contributed by atoms with Gasteiger partial charge >= 0.3 is 9.15 Å². The highest BCUT2D eigenvalue weighted by atomic mass is 33.1. The molecule has 23 heavy (non-hydrogen) atoms. The Morgan fingerprint density at radius 3 is 1.91 bits per heavy atom. The Hall–Kier alpha value is 0.180. The average molecular weight is 365 g/mol. The highest BCUT2D eigenvalue weighted by Gasteiger charge is 2.16. The van der Waals surface area contributed by atoms with Crippen molar-refractivity contribution in [3.63, 3.8) is 0 Å². The predicted molar refractivity (Wildman–Crippen MR) is 97.1 cm³/mol. The van der Waals surface area contributed by atoms with Crippen LogP contribution in [0.5, 0.6) is 0 Å². The van der Waals surface area contributed by atoms with Crippen molar-refractivity contribution in [2.45, 2.75) is 76.3 Å². The molecule has 2 aliphatic carbocycles. The standard InChI is InChI=1S/C16H32N2O3S2/c19-23(20,21-13-11-17-15-7-3-1-4-8-15)22-14-12-18-16-9-5-2-6-10-16/h15-18H,1-14H2. The first-order chi connectivity index (χ1) is 11.2. The fourth-order valence-corrected chi connectivity index (χ4v) is 5.49. The van der Waals surface area contributed by atoms with Crippen molar-refractivity contribution in [3.8, 4) is 0 Å². The van der Waals surface area contributed by atoms with Crippen molar-refractivity contribution in [2.75, 3.05) is 25.4 Å². The summed E-state index contributed by atoms with van der Waals surface area (Å²) in [5, 5.41) is 6.84. The third-order valence-electron chi connectivity index (χ3n) is 4.74. The van der Waals surface area contributed by atoms with Gasteiger partial charge in [-0.2, -0.15) is 8.42 Å². The van der Waals surface area contributed by atoms with E-state index in [0.29, 0.717) is 24.4 Å². The predicted octanol–water partition coefficient (Wildman–Crippen LogP) is 2.83. The molecule has 2 saturated carbocycles. The molecule has 0 radical (unpaired) electrons. The summed E-state index contributed by atoms with van der Waals surface area (Å²) in [4.78, 5) is 0. The maximum atomic E-state index is 11.8. The monoisotopic (exact) mass is 364 g/mol. The summed E-state index contributed by atoms with van der Waals surface area (Å²) in [5.74, 6) is 0.550. The minimum absolute atomic E-state index is 0.238. The van der Waals surface area contributed by atoms with Crippen molar-refractivity contribution >= 4 is 19.9 Å². The summed E-state index contributed by atoms with van der Waals surface area (Å²) in [5.41, 5.74) is 0. The molecule has 5 nitrogen and oxygen atoms in total. The fourth-order valence-electron chi connectivity index (χ4n) is 3.46. The van der Waals surface area contributed by atoms with Gasteiger partial charge in [-0.25, -0.2) is 0 Å². The number of hydrogen-bond acceptors (Lipinski definition) is 6. The zero-order chi connectivity index (χ0) is 16.4. The highest BCUT2D eigenvalue weighted by molar-refractivity contribution is 8.70. The van der Waals surface area contributed by atoms with E-state index in [1.165, 1.54) is 64.2 Å². The molecule has 0 amide bonds. The fraction of sp³-hybridized carbons (Fsp3) is 1.00. The second-order valence-electron chi connectivity index (χ2n) is 6.63. The molecule has 0 bridgehead atoms. The molecule has 0 aliphatic heterocycles. The van der Waals surface area contributed by atoms with E-state index in [0.717, 1.165) is 17.3 Å². The average Bonchev–Trinajstić information content (AvgIpc) is 2.58. The molecule has 136 valence electrons. The van der Waals surface area contributed by atoms with Crippen LogP contribution < -0.4 is 10.6 Å². The van der Waals surface area contributed by atoms with Gasteiger partial charge in [0.1, 0.15) is 0 Å².